The lowest BCUT2D eigenvalue weighted by Gasteiger charge is -2.18. The summed E-state index contributed by atoms with van der Waals surface area (Å²) in [6, 6.07) is 0. The molecule has 0 fully saturated rings. The number of allylic oxidation sites excluding steroid dienone is 30. The lowest BCUT2D eigenvalue weighted by Crippen LogP contribution is -2.30. The summed E-state index contributed by atoms with van der Waals surface area (Å²) in [6.45, 7) is 6.28. The quantitative estimate of drug-likeness (QED) is 0.0261. The van der Waals surface area contributed by atoms with Gasteiger partial charge in [0.25, 0.3) is 0 Å². The van der Waals surface area contributed by atoms with E-state index < -0.39 is 6.10 Å². The maximum Gasteiger partial charge on any atom is 0.306 e. The molecule has 0 saturated heterocycles. The average Bonchev–Trinajstić information content (AvgIpc) is 3.46. The molecular formula is C74H114O6. The van der Waals surface area contributed by atoms with Crippen molar-refractivity contribution < 1.29 is 28.6 Å². The first-order valence-corrected chi connectivity index (χ1v) is 31.8. The molecule has 0 radical (unpaired) electrons. The molecule has 0 saturated carbocycles. The van der Waals surface area contributed by atoms with E-state index in [1.807, 2.05) is 0 Å². The number of ether oxygens (including phenoxy) is 3. The van der Waals surface area contributed by atoms with E-state index in [1.165, 1.54) is 12.8 Å². The Balaban J connectivity index is 4.40. The predicted octanol–water partition coefficient (Wildman–Crippen LogP) is 22.0. The van der Waals surface area contributed by atoms with Crippen molar-refractivity contribution in [3.63, 3.8) is 0 Å². The summed E-state index contributed by atoms with van der Waals surface area (Å²) < 4.78 is 16.8. The van der Waals surface area contributed by atoms with Crippen LogP contribution in [0.25, 0.3) is 0 Å². The first-order chi connectivity index (χ1) is 39.5. The van der Waals surface area contributed by atoms with E-state index in [0.717, 1.165) is 193 Å². The minimum Gasteiger partial charge on any atom is -0.462 e. The molecule has 0 aromatic rings. The predicted molar refractivity (Wildman–Crippen MR) is 348 cm³/mol. The van der Waals surface area contributed by atoms with Crippen LogP contribution >= 0.6 is 0 Å². The van der Waals surface area contributed by atoms with Gasteiger partial charge in [0.2, 0.25) is 0 Å². The Morgan fingerprint density at radius 2 is 0.487 bits per heavy atom. The van der Waals surface area contributed by atoms with Gasteiger partial charge in [0, 0.05) is 19.3 Å². The molecule has 0 spiro atoms. The zero-order chi connectivity index (χ0) is 57.8. The highest BCUT2D eigenvalue weighted by Gasteiger charge is 2.19. The zero-order valence-corrected chi connectivity index (χ0v) is 51.0. The number of hydrogen-bond acceptors (Lipinski definition) is 6. The van der Waals surface area contributed by atoms with E-state index >= 15 is 0 Å². The van der Waals surface area contributed by atoms with Crippen LogP contribution < -0.4 is 0 Å². The van der Waals surface area contributed by atoms with Crippen molar-refractivity contribution in [1.82, 2.24) is 0 Å². The smallest absolute Gasteiger partial charge is 0.306 e. The maximum absolute atomic E-state index is 12.9. The summed E-state index contributed by atoms with van der Waals surface area (Å²) in [6.07, 6.45) is 99.0. The molecule has 0 aliphatic heterocycles. The second kappa shape index (κ2) is 66.0. The van der Waals surface area contributed by atoms with Crippen LogP contribution in [0.15, 0.2) is 182 Å². The van der Waals surface area contributed by atoms with Gasteiger partial charge in [0.05, 0.1) is 0 Å². The van der Waals surface area contributed by atoms with Gasteiger partial charge in [0.15, 0.2) is 6.10 Å². The van der Waals surface area contributed by atoms with Crippen molar-refractivity contribution in [1.29, 1.82) is 0 Å². The van der Waals surface area contributed by atoms with Gasteiger partial charge in [-0.15, -0.1) is 0 Å². The first kappa shape index (κ1) is 74.5. The molecule has 0 amide bonds. The topological polar surface area (TPSA) is 78.9 Å². The van der Waals surface area contributed by atoms with Crippen molar-refractivity contribution in [3.8, 4) is 0 Å². The van der Waals surface area contributed by atoms with E-state index in [4.69, 9.17) is 14.2 Å². The van der Waals surface area contributed by atoms with Gasteiger partial charge in [-0.2, -0.15) is 0 Å². The molecule has 6 heteroatoms. The van der Waals surface area contributed by atoms with E-state index in [0.29, 0.717) is 12.8 Å². The van der Waals surface area contributed by atoms with E-state index in [1.54, 1.807) is 0 Å². The molecule has 0 aromatic heterocycles. The van der Waals surface area contributed by atoms with Crippen LogP contribution in [-0.4, -0.2) is 37.2 Å². The fourth-order valence-corrected chi connectivity index (χ4v) is 7.93. The first-order valence-electron chi connectivity index (χ1n) is 31.8. The highest BCUT2D eigenvalue weighted by atomic mass is 16.6. The van der Waals surface area contributed by atoms with Crippen LogP contribution in [0.1, 0.15) is 245 Å². The Kier molecular flexibility index (Phi) is 61.5. The minimum atomic E-state index is -0.816. The van der Waals surface area contributed by atoms with E-state index in [2.05, 4.69) is 203 Å². The summed E-state index contributed by atoms with van der Waals surface area (Å²) >= 11 is 0. The lowest BCUT2D eigenvalue weighted by atomic mass is 10.1. The number of unbranched alkanes of at least 4 members (excludes halogenated alkanes) is 14. The van der Waals surface area contributed by atoms with E-state index in [9.17, 15) is 14.4 Å². The van der Waals surface area contributed by atoms with Gasteiger partial charge in [0.1, 0.15) is 13.2 Å². The second-order valence-corrected chi connectivity index (χ2v) is 20.2. The number of carbonyl (C=O) groups is 3. The molecule has 1 unspecified atom stereocenters. The Morgan fingerprint density at radius 1 is 0.263 bits per heavy atom. The van der Waals surface area contributed by atoms with Crippen molar-refractivity contribution in [2.24, 2.45) is 0 Å². The van der Waals surface area contributed by atoms with Crippen LogP contribution in [0.5, 0.6) is 0 Å². The molecule has 0 bridgehead atoms. The molecule has 0 aliphatic rings. The second-order valence-electron chi connectivity index (χ2n) is 20.2. The third-order valence-electron chi connectivity index (χ3n) is 12.6. The van der Waals surface area contributed by atoms with Crippen LogP contribution in [0, 0.1) is 0 Å². The van der Waals surface area contributed by atoms with Gasteiger partial charge in [-0.3, -0.25) is 14.4 Å². The molecule has 0 N–H and O–H groups in total. The third kappa shape index (κ3) is 63.3. The summed E-state index contributed by atoms with van der Waals surface area (Å²) in [4.78, 5) is 38.2. The lowest BCUT2D eigenvalue weighted by molar-refractivity contribution is -0.167. The van der Waals surface area contributed by atoms with Gasteiger partial charge < -0.3 is 14.2 Å². The van der Waals surface area contributed by atoms with Crippen molar-refractivity contribution in [2.45, 2.75) is 252 Å². The number of rotatable bonds is 55. The number of esters is 3. The number of carbonyl (C=O) groups excluding carboxylic acids is 3. The Labute approximate surface area is 491 Å². The van der Waals surface area contributed by atoms with Crippen LogP contribution in [0.3, 0.4) is 0 Å². The third-order valence-corrected chi connectivity index (χ3v) is 12.6. The van der Waals surface area contributed by atoms with E-state index in [-0.39, 0.29) is 37.5 Å². The molecule has 0 aromatic carbocycles. The van der Waals surface area contributed by atoms with Crippen molar-refractivity contribution >= 4 is 17.9 Å². The summed E-state index contributed by atoms with van der Waals surface area (Å²) in [5.41, 5.74) is 0. The van der Waals surface area contributed by atoms with Crippen LogP contribution in [0.2, 0.25) is 0 Å². The van der Waals surface area contributed by atoms with Crippen molar-refractivity contribution in [3.05, 3.63) is 182 Å². The Hall–Kier alpha value is -5.49. The molecular weight excluding hydrogens is 985 g/mol. The SMILES string of the molecule is CC/C=C\C/C=C\C/C=C\C/C=C\C/C=C\C/C=C\C/C=C\C/C=C\C/C=C\CCCCCC(=O)OCC(COC(=O)CCCCCCC/C=C\CCC)OC(=O)CCCCCCC/C=C\C/C=C\C/C=C\C/C=C\C/C=C\CC. The summed E-state index contributed by atoms with van der Waals surface area (Å²) in [7, 11) is 0. The molecule has 0 rings (SSSR count). The molecule has 80 heavy (non-hydrogen) atoms. The molecule has 6 nitrogen and oxygen atoms in total. The number of hydrogen-bond donors (Lipinski definition) is 0. The normalized spacial score (nSPS) is 13.4. The zero-order valence-electron chi connectivity index (χ0n) is 51.0. The molecule has 0 aliphatic carbocycles. The van der Waals surface area contributed by atoms with Crippen LogP contribution in [0.4, 0.5) is 0 Å². The fourth-order valence-electron chi connectivity index (χ4n) is 7.93. The Bertz CT molecular complexity index is 1890. The van der Waals surface area contributed by atoms with Gasteiger partial charge in [-0.05, 0) is 154 Å². The van der Waals surface area contributed by atoms with Gasteiger partial charge in [-0.1, -0.05) is 254 Å². The average molecular weight is 1100 g/mol. The Morgan fingerprint density at radius 3 is 0.787 bits per heavy atom. The highest BCUT2D eigenvalue weighted by Crippen LogP contribution is 2.13. The van der Waals surface area contributed by atoms with Crippen molar-refractivity contribution in [2.75, 3.05) is 13.2 Å². The van der Waals surface area contributed by atoms with Gasteiger partial charge in [-0.25, -0.2) is 0 Å². The molecule has 0 heterocycles. The fraction of sp³-hybridized carbons (Fsp3) is 0.554. The molecule has 446 valence electrons. The van der Waals surface area contributed by atoms with Gasteiger partial charge >= 0.3 is 17.9 Å². The maximum atomic E-state index is 12.9. The summed E-state index contributed by atoms with van der Waals surface area (Å²) in [5.74, 6) is -0.983. The monoisotopic (exact) mass is 1100 g/mol. The van der Waals surface area contributed by atoms with Crippen LogP contribution in [-0.2, 0) is 28.6 Å². The standard InChI is InChI=1S/C74H114O6/c1-4-7-10-13-16-19-22-24-26-28-30-32-33-34-35-36-37-38-39-40-41-43-44-46-48-50-52-55-58-61-64-67-73(76)79-70-71(69-78-72(75)66-63-60-57-54-21-18-15-12-9-6-3)80-74(77)68-65-62-59-56-53-51-49-47-45-42-31-29-27-25-23-20-17-14-11-8-5-2/h7-8,10-12,15-17,19-20,24-27,30-32,34-35,37-38,40-42,44,46-47,49-50,52,71H,4-6,9,13-14,18,21-23,28-29,33,36,39,43,45,48,51,53-70H2,1-3H3/b10-7-,11-8-,15-12-,19-16-,20-17-,26-24-,27-25-,32-30-,35-34-,38-37-,41-40-,42-31-,46-44-,49-47-,52-50-. The highest BCUT2D eigenvalue weighted by molar-refractivity contribution is 5.71. The largest absolute Gasteiger partial charge is 0.462 e. The minimum absolute atomic E-state index is 0.110. The molecule has 1 atom stereocenters. The summed E-state index contributed by atoms with van der Waals surface area (Å²) in [5, 5.41) is 0.